The van der Waals surface area contributed by atoms with E-state index in [1.54, 1.807) is 14.0 Å². The average Bonchev–Trinajstić information content (AvgIpc) is 2.60. The van der Waals surface area contributed by atoms with Crippen molar-refractivity contribution in [1.82, 2.24) is 10.6 Å². The van der Waals surface area contributed by atoms with Crippen molar-refractivity contribution in [2.45, 2.75) is 39.1 Å². The topological polar surface area (TPSA) is 84.5 Å². The molecule has 9 heteroatoms. The smallest absolute Gasteiger partial charge is 0.226 e. The quantitative estimate of drug-likeness (QED) is 0.173. The van der Waals surface area contributed by atoms with Crippen molar-refractivity contribution >= 4 is 29.2 Å². The third-order valence-electron chi connectivity index (χ3n) is 4.07. The summed E-state index contributed by atoms with van der Waals surface area (Å²) >= 11 is 1.46. The predicted molar refractivity (Wildman–Crippen MR) is 108 cm³/mol. The Morgan fingerprint density at radius 2 is 1.90 bits per heavy atom. The second-order valence-electron chi connectivity index (χ2n) is 6.37. The van der Waals surface area contributed by atoms with Crippen molar-refractivity contribution in [3.8, 4) is 5.75 Å². The van der Waals surface area contributed by atoms with Crippen LogP contribution in [0.15, 0.2) is 6.07 Å². The Kier molecular flexibility index (Phi) is 15.9. The molecule has 29 heavy (non-hydrogen) atoms. The minimum absolute atomic E-state index is 0. The van der Waals surface area contributed by atoms with Crippen LogP contribution in [0.25, 0.3) is 0 Å². The van der Waals surface area contributed by atoms with Gasteiger partial charge in [-0.25, -0.2) is 0 Å². The number of benzene rings is 1. The summed E-state index contributed by atoms with van der Waals surface area (Å²) in [5.74, 6) is -0.753. The van der Waals surface area contributed by atoms with Crippen molar-refractivity contribution in [3.05, 3.63) is 35.7 Å². The maximum atomic E-state index is 13.0. The Labute approximate surface area is 217 Å². The molecule has 0 spiro atoms. The zero-order valence-corrected chi connectivity index (χ0v) is 24.3. The van der Waals surface area contributed by atoms with Gasteiger partial charge in [0.05, 0.1) is 13.2 Å². The number of Topliss-reactive ketones (excluding diaryl/α,β-unsaturated/α-hetero) is 2. The van der Waals surface area contributed by atoms with Crippen molar-refractivity contribution < 1.29 is 72.9 Å². The van der Waals surface area contributed by atoms with Crippen LogP contribution in [-0.2, 0) is 58.6 Å². The SMILES string of the molecule is [CH2-][C@H](NC(=O)c1cc(OC)[c-]c(C)c1C(=O)C(=O)[C@@H](NC)C(C)C)SCC.[W].[Y]. The van der Waals surface area contributed by atoms with E-state index < -0.39 is 23.5 Å². The summed E-state index contributed by atoms with van der Waals surface area (Å²) in [5, 5.41) is 5.24. The zero-order valence-electron chi connectivity index (χ0n) is 17.8. The molecule has 0 heterocycles. The molecule has 0 unspecified atom stereocenters. The Bertz CT molecular complexity index is 716. The number of ether oxygens (including phenoxy) is 1. The molecule has 2 N–H and O–H groups in total. The van der Waals surface area contributed by atoms with Gasteiger partial charge in [0, 0.05) is 59.5 Å². The van der Waals surface area contributed by atoms with Crippen LogP contribution < -0.4 is 15.4 Å². The van der Waals surface area contributed by atoms with Gasteiger partial charge < -0.3 is 22.3 Å². The molecule has 0 saturated heterocycles. The van der Waals surface area contributed by atoms with Crippen LogP contribution in [-0.4, -0.2) is 48.8 Å². The number of carbonyl (C=O) groups excluding carboxylic acids is 3. The summed E-state index contributed by atoms with van der Waals surface area (Å²) in [6.45, 7) is 11.1. The molecule has 159 valence electrons. The van der Waals surface area contributed by atoms with Gasteiger partial charge in [0.25, 0.3) is 0 Å². The second kappa shape index (κ2) is 14.9. The fourth-order valence-electron chi connectivity index (χ4n) is 2.77. The van der Waals surface area contributed by atoms with Gasteiger partial charge in [-0.15, -0.1) is 17.7 Å². The van der Waals surface area contributed by atoms with Crippen molar-refractivity contribution in [2.24, 2.45) is 5.92 Å². The van der Waals surface area contributed by atoms with E-state index >= 15 is 0 Å². The summed E-state index contributed by atoms with van der Waals surface area (Å²) in [6.07, 6.45) is 0. The summed E-state index contributed by atoms with van der Waals surface area (Å²) in [4.78, 5) is 38.4. The van der Waals surface area contributed by atoms with Gasteiger partial charge >= 0.3 is 0 Å². The van der Waals surface area contributed by atoms with E-state index in [9.17, 15) is 14.4 Å². The first-order valence-electron chi connectivity index (χ1n) is 8.80. The molecule has 1 radical (unpaired) electrons. The molecule has 0 saturated carbocycles. The second-order valence-corrected chi connectivity index (χ2v) is 7.85. The van der Waals surface area contributed by atoms with E-state index in [1.165, 1.54) is 24.9 Å². The number of amides is 1. The van der Waals surface area contributed by atoms with E-state index in [-0.39, 0.29) is 76.2 Å². The van der Waals surface area contributed by atoms with Gasteiger partial charge in [0.1, 0.15) is 0 Å². The zero-order chi connectivity index (χ0) is 20.7. The minimum Gasteiger partial charge on any atom is -0.523 e. The normalized spacial score (nSPS) is 12.3. The van der Waals surface area contributed by atoms with Gasteiger partial charge in [-0.1, -0.05) is 38.8 Å². The summed E-state index contributed by atoms with van der Waals surface area (Å²) in [7, 11) is 3.08. The van der Waals surface area contributed by atoms with Crippen LogP contribution in [0.1, 0.15) is 47.1 Å². The molecule has 0 bridgehead atoms. The number of ketones is 2. The minimum atomic E-state index is -0.714. The number of nitrogens with one attached hydrogen (secondary N) is 2. The fraction of sp³-hybridized carbons (Fsp3) is 0.500. The van der Waals surface area contributed by atoms with Crippen LogP contribution in [0.3, 0.4) is 0 Å². The van der Waals surface area contributed by atoms with Gasteiger partial charge in [0.15, 0.2) is 5.78 Å². The van der Waals surface area contributed by atoms with Crippen molar-refractivity contribution in [1.29, 1.82) is 0 Å². The van der Waals surface area contributed by atoms with Crippen molar-refractivity contribution in [3.63, 3.8) is 0 Å². The van der Waals surface area contributed by atoms with Crippen LogP contribution in [0.4, 0.5) is 0 Å². The molecule has 0 aliphatic carbocycles. The molecular formula is C20H28N2O4SWY-2. The predicted octanol–water partition coefficient (Wildman–Crippen LogP) is 2.44. The Morgan fingerprint density at radius 1 is 1.31 bits per heavy atom. The number of methoxy groups -OCH3 is 1. The van der Waals surface area contributed by atoms with Gasteiger partial charge in [-0.2, -0.15) is 11.8 Å². The molecule has 1 aromatic carbocycles. The van der Waals surface area contributed by atoms with E-state index in [1.807, 2.05) is 20.8 Å². The third-order valence-corrected chi connectivity index (χ3v) is 4.92. The monoisotopic (exact) mass is 665 g/mol. The molecule has 6 nitrogen and oxygen atoms in total. The van der Waals surface area contributed by atoms with Gasteiger partial charge in [-0.3, -0.25) is 14.4 Å². The van der Waals surface area contributed by atoms with Crippen LogP contribution >= 0.6 is 11.8 Å². The molecule has 1 aromatic rings. The number of aryl methyl sites for hydroxylation is 1. The molecule has 0 aliphatic rings. The van der Waals surface area contributed by atoms with Crippen LogP contribution in [0, 0.1) is 25.8 Å². The summed E-state index contributed by atoms with van der Waals surface area (Å²) < 4.78 is 5.18. The first-order valence-corrected chi connectivity index (χ1v) is 9.84. The number of rotatable bonds is 10. The Hall–Kier alpha value is -0.0678. The first-order chi connectivity index (χ1) is 12.7. The number of thioether (sulfide) groups is 1. The van der Waals surface area contributed by atoms with Gasteiger partial charge in [0.2, 0.25) is 11.7 Å². The average molecular weight is 665 g/mol. The number of hydrogen-bond acceptors (Lipinski definition) is 6. The maximum absolute atomic E-state index is 13.0. The summed E-state index contributed by atoms with van der Waals surface area (Å²) in [6, 6.07) is 3.70. The Balaban J connectivity index is 0. The number of likely N-dealkylation sites (N-methyl/N-ethyl adjacent to an activating group) is 1. The van der Waals surface area contributed by atoms with E-state index in [0.717, 1.165) is 5.75 Å². The molecule has 0 fully saturated rings. The van der Waals surface area contributed by atoms with Crippen molar-refractivity contribution in [2.75, 3.05) is 19.9 Å². The number of hydrogen-bond donors (Lipinski definition) is 2. The van der Waals surface area contributed by atoms with Crippen LogP contribution in [0.2, 0.25) is 0 Å². The largest absolute Gasteiger partial charge is 0.523 e. The van der Waals surface area contributed by atoms with Gasteiger partial charge in [-0.05, 0) is 24.1 Å². The molecule has 1 amide bonds. The first kappa shape index (κ1) is 31.1. The molecule has 0 aromatic heterocycles. The third kappa shape index (κ3) is 8.53. The molecule has 2 atom stereocenters. The van der Waals surface area contributed by atoms with E-state index in [4.69, 9.17) is 4.74 Å². The maximum Gasteiger partial charge on any atom is 0.226 e. The molecular weight excluding hydrogens is 637 g/mol. The van der Waals surface area contributed by atoms with Crippen LogP contribution in [0.5, 0.6) is 5.75 Å². The summed E-state index contributed by atoms with van der Waals surface area (Å²) in [5.41, 5.74) is 0.526. The fourth-order valence-corrected chi connectivity index (χ4v) is 3.36. The standard InChI is InChI=1S/C20H28N2O4S.W.Y/c1-8-27-13(5)22-20(25)15-10-14(26-7)9-12(4)16(15)18(23)19(24)17(21-6)11(2)3;;/h10-11,13,17,21H,5,8H2,1-4,6-7H3,(H,22,25);;/q-2;;/t13-,17+;;/m1../s1. The van der Waals surface area contributed by atoms with E-state index in [2.05, 4.69) is 23.6 Å². The van der Waals surface area contributed by atoms with E-state index in [0.29, 0.717) is 11.3 Å². The Morgan fingerprint density at radius 3 is 2.34 bits per heavy atom. The molecule has 1 rings (SSSR count). The molecule has 0 aliphatic heterocycles. The number of carbonyl (C=O) groups is 3.